The van der Waals surface area contributed by atoms with E-state index in [1.807, 2.05) is 0 Å². The molecule has 1 aromatic carbocycles. The fourth-order valence-electron chi connectivity index (χ4n) is 2.50. The molecule has 0 aliphatic carbocycles. The third-order valence-electron chi connectivity index (χ3n) is 3.36. The van der Waals surface area contributed by atoms with Gasteiger partial charge in [-0.15, -0.1) is 11.3 Å². The molecule has 1 N–H and O–H groups in total. The van der Waals surface area contributed by atoms with Crippen molar-refractivity contribution in [2.75, 3.05) is 0 Å². The van der Waals surface area contributed by atoms with E-state index in [0.717, 1.165) is 0 Å². The van der Waals surface area contributed by atoms with Gasteiger partial charge in [0.2, 0.25) is 11.8 Å². The monoisotopic (exact) mass is 290 g/mol. The first-order valence-corrected chi connectivity index (χ1v) is 7.02. The van der Waals surface area contributed by atoms with Crippen LogP contribution in [0.25, 0.3) is 0 Å². The lowest BCUT2D eigenvalue weighted by molar-refractivity contribution is -0.135. The number of carbonyl (C=O) groups excluding carboxylic acids is 2. The van der Waals surface area contributed by atoms with Gasteiger partial charge in [-0.2, -0.15) is 0 Å². The summed E-state index contributed by atoms with van der Waals surface area (Å²) in [5.74, 6) is -2.38. The molecular weight excluding hydrogens is 279 g/mol. The van der Waals surface area contributed by atoms with Gasteiger partial charge in [0.1, 0.15) is 5.82 Å². The van der Waals surface area contributed by atoms with Crippen molar-refractivity contribution in [1.29, 1.82) is 0 Å². The number of carbonyl (C=O) groups is 2. The Morgan fingerprint density at radius 2 is 2.10 bits per heavy atom. The van der Waals surface area contributed by atoms with Crippen molar-refractivity contribution < 1.29 is 14.0 Å². The smallest absolute Gasteiger partial charge is 0.234 e. The number of rotatable bonds is 2. The summed E-state index contributed by atoms with van der Waals surface area (Å²) in [6, 6.07) is 6.15. The van der Waals surface area contributed by atoms with Gasteiger partial charge in [-0.25, -0.2) is 9.37 Å². The van der Waals surface area contributed by atoms with E-state index in [1.165, 1.54) is 17.4 Å². The number of nitrogens with zero attached hydrogens (tertiary/aromatic N) is 1. The van der Waals surface area contributed by atoms with E-state index >= 15 is 0 Å². The Morgan fingerprint density at radius 3 is 2.80 bits per heavy atom. The maximum atomic E-state index is 14.0. The van der Waals surface area contributed by atoms with Gasteiger partial charge >= 0.3 is 0 Å². The Balaban J connectivity index is 2.07. The summed E-state index contributed by atoms with van der Waals surface area (Å²) in [5, 5.41) is 4.74. The van der Waals surface area contributed by atoms with Crippen molar-refractivity contribution in [3.8, 4) is 0 Å². The summed E-state index contributed by atoms with van der Waals surface area (Å²) in [6.07, 6.45) is 1.76. The van der Waals surface area contributed by atoms with Crippen molar-refractivity contribution in [2.45, 2.75) is 18.3 Å². The summed E-state index contributed by atoms with van der Waals surface area (Å²) in [5.41, 5.74) is 0.303. The quantitative estimate of drug-likeness (QED) is 0.863. The van der Waals surface area contributed by atoms with Crippen LogP contribution < -0.4 is 5.32 Å². The molecule has 0 bridgehead atoms. The Labute approximate surface area is 118 Å². The third kappa shape index (κ3) is 2.22. The van der Waals surface area contributed by atoms with Crippen LogP contribution >= 0.6 is 11.3 Å². The lowest BCUT2D eigenvalue weighted by atomic mass is 9.80. The first-order chi connectivity index (χ1) is 9.66. The highest BCUT2D eigenvalue weighted by Crippen LogP contribution is 2.39. The zero-order valence-electron chi connectivity index (χ0n) is 10.4. The molecule has 2 heterocycles. The second-order valence-electron chi connectivity index (χ2n) is 4.59. The highest BCUT2D eigenvalue weighted by molar-refractivity contribution is 7.09. The molecule has 1 fully saturated rings. The first-order valence-electron chi connectivity index (χ1n) is 6.14. The Kier molecular flexibility index (Phi) is 3.31. The van der Waals surface area contributed by atoms with E-state index < -0.39 is 23.6 Å². The Bertz CT molecular complexity index is 657. The molecule has 1 saturated heterocycles. The van der Waals surface area contributed by atoms with Crippen molar-refractivity contribution in [3.05, 3.63) is 52.2 Å². The molecule has 0 radical (unpaired) electrons. The average molecular weight is 290 g/mol. The predicted molar refractivity (Wildman–Crippen MR) is 71.8 cm³/mol. The molecule has 0 spiro atoms. The number of imide groups is 1. The minimum Gasteiger partial charge on any atom is -0.296 e. The maximum Gasteiger partial charge on any atom is 0.234 e. The van der Waals surface area contributed by atoms with Crippen molar-refractivity contribution >= 4 is 23.2 Å². The minimum atomic E-state index is -0.722. The zero-order chi connectivity index (χ0) is 14.1. The molecule has 20 heavy (non-hydrogen) atoms. The topological polar surface area (TPSA) is 59.1 Å². The molecule has 1 aromatic heterocycles. The van der Waals surface area contributed by atoms with Crippen LogP contribution in [0.1, 0.15) is 28.8 Å². The molecule has 2 aromatic rings. The van der Waals surface area contributed by atoms with E-state index in [2.05, 4.69) is 10.3 Å². The molecule has 3 rings (SSSR count). The second-order valence-corrected chi connectivity index (χ2v) is 5.52. The Morgan fingerprint density at radius 1 is 1.30 bits per heavy atom. The normalized spacial score (nSPS) is 22.6. The van der Waals surface area contributed by atoms with Crippen LogP contribution in [0.15, 0.2) is 35.8 Å². The number of piperidine rings is 1. The van der Waals surface area contributed by atoms with E-state index in [0.29, 0.717) is 10.6 Å². The highest BCUT2D eigenvalue weighted by Gasteiger charge is 2.40. The largest absolute Gasteiger partial charge is 0.296 e. The van der Waals surface area contributed by atoms with Crippen LogP contribution in [0.4, 0.5) is 4.39 Å². The summed E-state index contributed by atoms with van der Waals surface area (Å²) in [4.78, 5) is 27.9. The van der Waals surface area contributed by atoms with Crippen molar-refractivity contribution in [1.82, 2.24) is 10.3 Å². The van der Waals surface area contributed by atoms with Gasteiger partial charge in [0, 0.05) is 29.5 Å². The summed E-state index contributed by atoms with van der Waals surface area (Å²) in [7, 11) is 0. The van der Waals surface area contributed by atoms with E-state index in [9.17, 15) is 14.0 Å². The van der Waals surface area contributed by atoms with Gasteiger partial charge in [0.15, 0.2) is 0 Å². The van der Waals surface area contributed by atoms with Crippen molar-refractivity contribution in [3.63, 3.8) is 0 Å². The van der Waals surface area contributed by atoms with Gasteiger partial charge in [0.25, 0.3) is 0 Å². The van der Waals surface area contributed by atoms with Crippen LogP contribution in [0, 0.1) is 5.82 Å². The lowest BCUT2D eigenvalue weighted by Gasteiger charge is -2.29. The van der Waals surface area contributed by atoms with Crippen LogP contribution in [-0.2, 0) is 9.59 Å². The van der Waals surface area contributed by atoms with Gasteiger partial charge < -0.3 is 0 Å². The third-order valence-corrected chi connectivity index (χ3v) is 4.27. The highest BCUT2D eigenvalue weighted by atomic mass is 32.1. The van der Waals surface area contributed by atoms with E-state index in [4.69, 9.17) is 0 Å². The predicted octanol–water partition coefficient (Wildman–Crippen LogP) is 2.20. The molecule has 2 atom stereocenters. The SMILES string of the molecule is O=C1CC(c2nccs2)C(c2ccccc2F)C(=O)N1. The number of thiazole rings is 1. The first kappa shape index (κ1) is 12.9. The molecule has 1 aliphatic heterocycles. The van der Waals surface area contributed by atoms with E-state index in [-0.39, 0.29) is 12.3 Å². The summed E-state index contributed by atoms with van der Waals surface area (Å²) >= 11 is 1.37. The number of hydrogen-bond donors (Lipinski definition) is 1. The second kappa shape index (κ2) is 5.13. The van der Waals surface area contributed by atoms with Gasteiger partial charge in [0.05, 0.1) is 10.9 Å². The summed E-state index contributed by atoms with van der Waals surface area (Å²) < 4.78 is 14.0. The number of nitrogens with one attached hydrogen (secondary N) is 1. The van der Waals surface area contributed by atoms with E-state index in [1.54, 1.807) is 29.8 Å². The summed E-state index contributed by atoms with van der Waals surface area (Å²) in [6.45, 7) is 0. The maximum absolute atomic E-state index is 14.0. The van der Waals surface area contributed by atoms with Crippen LogP contribution in [-0.4, -0.2) is 16.8 Å². The molecule has 102 valence electrons. The number of hydrogen-bond acceptors (Lipinski definition) is 4. The van der Waals surface area contributed by atoms with Crippen LogP contribution in [0.3, 0.4) is 0 Å². The van der Waals surface area contributed by atoms with Crippen LogP contribution in [0.2, 0.25) is 0 Å². The molecular formula is C14H11FN2O2S. The number of halogens is 1. The fraction of sp³-hybridized carbons (Fsp3) is 0.214. The lowest BCUT2D eigenvalue weighted by Crippen LogP contribution is -2.43. The van der Waals surface area contributed by atoms with Gasteiger partial charge in [-0.3, -0.25) is 14.9 Å². The minimum absolute atomic E-state index is 0.137. The van der Waals surface area contributed by atoms with Gasteiger partial charge in [-0.1, -0.05) is 18.2 Å². The molecule has 0 saturated carbocycles. The molecule has 2 amide bonds. The molecule has 2 unspecified atom stereocenters. The molecule has 1 aliphatic rings. The molecule has 4 nitrogen and oxygen atoms in total. The number of benzene rings is 1. The average Bonchev–Trinajstić information content (AvgIpc) is 2.93. The number of aromatic nitrogens is 1. The molecule has 6 heteroatoms. The number of amides is 2. The zero-order valence-corrected chi connectivity index (χ0v) is 11.2. The van der Waals surface area contributed by atoms with Gasteiger partial charge in [-0.05, 0) is 6.07 Å². The fourth-order valence-corrected chi connectivity index (χ4v) is 3.28. The van der Waals surface area contributed by atoms with Crippen LogP contribution in [0.5, 0.6) is 0 Å². The standard InChI is InChI=1S/C14H11FN2O2S/c15-10-4-2-1-3-8(10)12-9(14-16-5-6-20-14)7-11(18)17-13(12)19/h1-6,9,12H,7H2,(H,17,18,19). The van der Waals surface area contributed by atoms with Crippen molar-refractivity contribution in [2.24, 2.45) is 0 Å². The Hall–Kier alpha value is -2.08.